The molecule has 0 aliphatic rings. The lowest BCUT2D eigenvalue weighted by Crippen LogP contribution is -2.23. The largest absolute Gasteiger partial charge is 0.493 e. The molecule has 0 aliphatic carbocycles. The smallest absolute Gasteiger partial charge is 0.170 e. The molecule has 0 aliphatic heterocycles. The van der Waals surface area contributed by atoms with E-state index in [1.807, 2.05) is 0 Å². The summed E-state index contributed by atoms with van der Waals surface area (Å²) in [7, 11) is 3.04. The lowest BCUT2D eigenvalue weighted by Gasteiger charge is -2.16. The van der Waals surface area contributed by atoms with Crippen LogP contribution in [0.25, 0.3) is 0 Å². The fraction of sp³-hybridized carbons (Fsp3) is 0.467. The Balaban J connectivity index is 2.92. The van der Waals surface area contributed by atoms with Gasteiger partial charge in [0, 0.05) is 11.0 Å². The van der Waals surface area contributed by atoms with E-state index in [0.29, 0.717) is 17.1 Å². The molecule has 0 fully saturated rings. The van der Waals surface area contributed by atoms with E-state index in [4.69, 9.17) is 9.47 Å². The summed E-state index contributed by atoms with van der Waals surface area (Å²) in [5.74, 6) is 0.755. The molecule has 4 nitrogen and oxygen atoms in total. The van der Waals surface area contributed by atoms with Gasteiger partial charge in [0.15, 0.2) is 17.3 Å². The van der Waals surface area contributed by atoms with E-state index in [9.17, 15) is 9.59 Å². The minimum atomic E-state index is -0.508. The van der Waals surface area contributed by atoms with Gasteiger partial charge in [-0.05, 0) is 18.2 Å². The third-order valence-electron chi connectivity index (χ3n) is 2.86. The molecule has 0 spiro atoms. The number of Topliss-reactive ketones (excluding diaryl/α,β-unsaturated/α-hetero) is 2. The normalized spacial score (nSPS) is 11.0. The molecule has 1 aromatic carbocycles. The van der Waals surface area contributed by atoms with Crippen LogP contribution in [0, 0.1) is 5.41 Å². The molecule has 0 bridgehead atoms. The number of methoxy groups -OCH3 is 2. The number of ketones is 2. The van der Waals surface area contributed by atoms with Crippen LogP contribution in [0.1, 0.15) is 37.6 Å². The summed E-state index contributed by atoms with van der Waals surface area (Å²) >= 11 is 0. The Kier molecular flexibility index (Phi) is 4.70. The highest BCUT2D eigenvalue weighted by atomic mass is 16.5. The van der Waals surface area contributed by atoms with Crippen molar-refractivity contribution in [3.8, 4) is 11.5 Å². The molecular weight excluding hydrogens is 244 g/mol. The quantitative estimate of drug-likeness (QED) is 0.606. The Morgan fingerprint density at radius 2 is 1.63 bits per heavy atom. The molecule has 0 amide bonds. The van der Waals surface area contributed by atoms with Gasteiger partial charge in [-0.1, -0.05) is 20.8 Å². The predicted molar refractivity (Wildman–Crippen MR) is 73.0 cm³/mol. The monoisotopic (exact) mass is 264 g/mol. The van der Waals surface area contributed by atoms with Gasteiger partial charge in [0.1, 0.15) is 5.78 Å². The summed E-state index contributed by atoms with van der Waals surface area (Å²) in [5.41, 5.74) is -0.0538. The second kappa shape index (κ2) is 5.87. The zero-order valence-corrected chi connectivity index (χ0v) is 12.1. The molecule has 0 atom stereocenters. The van der Waals surface area contributed by atoms with Crippen molar-refractivity contribution in [2.75, 3.05) is 14.2 Å². The van der Waals surface area contributed by atoms with Crippen molar-refractivity contribution in [3.05, 3.63) is 23.8 Å². The highest BCUT2D eigenvalue weighted by Gasteiger charge is 2.24. The third kappa shape index (κ3) is 3.81. The number of carbonyl (C=O) groups is 2. The molecule has 0 aromatic heterocycles. The maximum Gasteiger partial charge on any atom is 0.170 e. The lowest BCUT2D eigenvalue weighted by molar-refractivity contribution is -0.125. The summed E-state index contributed by atoms with van der Waals surface area (Å²) in [6.07, 6.45) is -0.0982. The van der Waals surface area contributed by atoms with Crippen molar-refractivity contribution in [2.24, 2.45) is 5.41 Å². The highest BCUT2D eigenvalue weighted by molar-refractivity contribution is 6.09. The first kappa shape index (κ1) is 15.2. The Bertz CT molecular complexity index is 483. The Morgan fingerprint density at radius 1 is 1.05 bits per heavy atom. The van der Waals surface area contributed by atoms with Crippen LogP contribution in [-0.4, -0.2) is 25.8 Å². The minimum absolute atomic E-state index is 0.0766. The summed E-state index contributed by atoms with van der Waals surface area (Å²) in [5, 5.41) is 0. The Hall–Kier alpha value is -1.84. The van der Waals surface area contributed by atoms with E-state index < -0.39 is 5.41 Å². The summed E-state index contributed by atoms with van der Waals surface area (Å²) < 4.78 is 10.2. The van der Waals surface area contributed by atoms with Gasteiger partial charge in [-0.15, -0.1) is 0 Å². The molecule has 4 heteroatoms. The van der Waals surface area contributed by atoms with Crippen LogP contribution in [0.5, 0.6) is 11.5 Å². The molecule has 104 valence electrons. The first-order valence-electron chi connectivity index (χ1n) is 6.08. The van der Waals surface area contributed by atoms with Crippen LogP contribution in [0.3, 0.4) is 0 Å². The highest BCUT2D eigenvalue weighted by Crippen LogP contribution is 2.28. The van der Waals surface area contributed by atoms with Gasteiger partial charge in [0.05, 0.1) is 20.6 Å². The van der Waals surface area contributed by atoms with Crippen molar-refractivity contribution in [1.82, 2.24) is 0 Å². The van der Waals surface area contributed by atoms with Crippen molar-refractivity contribution in [1.29, 1.82) is 0 Å². The standard InChI is InChI=1S/C15H20O4/c1-15(2,3)14(17)9-11(16)10-6-7-12(18-4)13(8-10)19-5/h6-8H,9H2,1-5H3. The van der Waals surface area contributed by atoms with Crippen LogP contribution >= 0.6 is 0 Å². The van der Waals surface area contributed by atoms with Crippen LogP contribution < -0.4 is 9.47 Å². The molecule has 19 heavy (non-hydrogen) atoms. The lowest BCUT2D eigenvalue weighted by atomic mass is 9.87. The van der Waals surface area contributed by atoms with Gasteiger partial charge >= 0.3 is 0 Å². The third-order valence-corrected chi connectivity index (χ3v) is 2.86. The van der Waals surface area contributed by atoms with Gasteiger partial charge < -0.3 is 9.47 Å². The maximum absolute atomic E-state index is 12.1. The van der Waals surface area contributed by atoms with E-state index in [-0.39, 0.29) is 18.0 Å². The zero-order valence-electron chi connectivity index (χ0n) is 12.1. The zero-order chi connectivity index (χ0) is 14.6. The Labute approximate surface area is 113 Å². The first-order valence-corrected chi connectivity index (χ1v) is 6.08. The average Bonchev–Trinajstić information content (AvgIpc) is 2.36. The van der Waals surface area contributed by atoms with E-state index in [2.05, 4.69) is 0 Å². The number of ether oxygens (including phenoxy) is 2. The van der Waals surface area contributed by atoms with E-state index in [1.54, 1.807) is 39.0 Å². The van der Waals surface area contributed by atoms with Gasteiger partial charge in [0.2, 0.25) is 0 Å². The minimum Gasteiger partial charge on any atom is -0.493 e. The molecule has 0 N–H and O–H groups in total. The molecule has 0 radical (unpaired) electrons. The maximum atomic E-state index is 12.1. The molecule has 1 rings (SSSR count). The Morgan fingerprint density at radius 3 is 2.11 bits per heavy atom. The first-order chi connectivity index (χ1) is 8.79. The van der Waals surface area contributed by atoms with Gasteiger partial charge in [-0.3, -0.25) is 9.59 Å². The average molecular weight is 264 g/mol. The van der Waals surface area contributed by atoms with Gasteiger partial charge in [0.25, 0.3) is 0 Å². The van der Waals surface area contributed by atoms with Crippen molar-refractivity contribution in [2.45, 2.75) is 27.2 Å². The fourth-order valence-corrected chi connectivity index (χ4v) is 1.52. The molecule has 0 saturated heterocycles. The summed E-state index contributed by atoms with van der Waals surface area (Å²) in [6.45, 7) is 5.41. The summed E-state index contributed by atoms with van der Waals surface area (Å²) in [6, 6.07) is 4.89. The van der Waals surface area contributed by atoms with E-state index >= 15 is 0 Å². The van der Waals surface area contributed by atoms with Crippen LogP contribution in [0.4, 0.5) is 0 Å². The second-order valence-electron chi connectivity index (χ2n) is 5.34. The molecule has 0 saturated carbocycles. The number of benzene rings is 1. The van der Waals surface area contributed by atoms with Crippen molar-refractivity contribution >= 4 is 11.6 Å². The second-order valence-corrected chi connectivity index (χ2v) is 5.34. The van der Waals surface area contributed by atoms with Gasteiger partial charge in [-0.2, -0.15) is 0 Å². The molecule has 0 heterocycles. The SMILES string of the molecule is COc1ccc(C(=O)CC(=O)C(C)(C)C)cc1OC. The fourth-order valence-electron chi connectivity index (χ4n) is 1.52. The number of hydrogen-bond donors (Lipinski definition) is 0. The molecular formula is C15H20O4. The predicted octanol–water partition coefficient (Wildman–Crippen LogP) is 2.89. The van der Waals surface area contributed by atoms with Crippen LogP contribution in [-0.2, 0) is 4.79 Å². The number of rotatable bonds is 5. The topological polar surface area (TPSA) is 52.6 Å². The molecule has 1 aromatic rings. The number of carbonyl (C=O) groups excluding carboxylic acids is 2. The van der Waals surface area contributed by atoms with Crippen molar-refractivity contribution in [3.63, 3.8) is 0 Å². The van der Waals surface area contributed by atoms with E-state index in [1.165, 1.54) is 14.2 Å². The van der Waals surface area contributed by atoms with E-state index in [0.717, 1.165) is 0 Å². The van der Waals surface area contributed by atoms with Crippen LogP contribution in [0.15, 0.2) is 18.2 Å². The van der Waals surface area contributed by atoms with Gasteiger partial charge in [-0.25, -0.2) is 0 Å². The van der Waals surface area contributed by atoms with Crippen molar-refractivity contribution < 1.29 is 19.1 Å². The number of hydrogen-bond acceptors (Lipinski definition) is 4. The molecule has 0 unspecified atom stereocenters. The summed E-state index contributed by atoms with van der Waals surface area (Å²) in [4.78, 5) is 23.9. The van der Waals surface area contributed by atoms with Crippen LogP contribution in [0.2, 0.25) is 0 Å².